The van der Waals surface area contributed by atoms with Crippen LogP contribution in [0.25, 0.3) is 0 Å². The van der Waals surface area contributed by atoms with Crippen LogP contribution in [0.4, 0.5) is 0 Å². The Morgan fingerprint density at radius 3 is 1.65 bits per heavy atom. The summed E-state index contributed by atoms with van der Waals surface area (Å²) >= 11 is 3.44. The van der Waals surface area contributed by atoms with Crippen molar-refractivity contribution >= 4 is 15.9 Å². The third-order valence-electron chi connectivity index (χ3n) is 3.38. The van der Waals surface area contributed by atoms with E-state index in [1.54, 1.807) is 0 Å². The first kappa shape index (κ1) is 16.2. The van der Waals surface area contributed by atoms with Crippen LogP contribution in [0.15, 0.2) is 16.6 Å². The molecule has 0 spiro atoms. The Hall–Kier alpha value is -1.83. The van der Waals surface area contributed by atoms with Crippen molar-refractivity contribution in [1.29, 1.82) is 15.8 Å². The van der Waals surface area contributed by atoms with E-state index in [2.05, 4.69) is 34.1 Å². The molecular formula is C16H16BrN3. The van der Waals surface area contributed by atoms with Crippen LogP contribution >= 0.6 is 15.9 Å². The summed E-state index contributed by atoms with van der Waals surface area (Å²) in [7, 11) is 0. The lowest BCUT2D eigenvalue weighted by atomic mass is 9.75. The molecule has 1 aromatic rings. The van der Waals surface area contributed by atoms with Gasteiger partial charge >= 0.3 is 0 Å². The van der Waals surface area contributed by atoms with Gasteiger partial charge in [0.1, 0.15) is 0 Å². The molecule has 0 atom stereocenters. The summed E-state index contributed by atoms with van der Waals surface area (Å²) in [4.78, 5) is 0. The van der Waals surface area contributed by atoms with Gasteiger partial charge in [-0.15, -0.1) is 0 Å². The van der Waals surface area contributed by atoms with Crippen molar-refractivity contribution in [2.24, 2.45) is 0 Å². The van der Waals surface area contributed by atoms with Crippen molar-refractivity contribution in [3.63, 3.8) is 0 Å². The van der Waals surface area contributed by atoms with Crippen molar-refractivity contribution < 1.29 is 0 Å². The smallest absolute Gasteiger partial charge is 0.0769 e. The maximum absolute atomic E-state index is 9.37. The van der Waals surface area contributed by atoms with E-state index in [-0.39, 0.29) is 6.42 Å². The van der Waals surface area contributed by atoms with E-state index < -0.39 is 10.8 Å². The third kappa shape index (κ3) is 3.01. The number of benzene rings is 1. The number of nitriles is 3. The molecule has 4 heteroatoms. The molecule has 0 aliphatic carbocycles. The minimum absolute atomic E-state index is 0.189. The molecule has 0 saturated carbocycles. The molecule has 0 unspecified atom stereocenters. The van der Waals surface area contributed by atoms with Gasteiger partial charge in [-0.25, -0.2) is 0 Å². The van der Waals surface area contributed by atoms with Crippen LogP contribution in [0.5, 0.6) is 0 Å². The first-order valence-electron chi connectivity index (χ1n) is 6.22. The van der Waals surface area contributed by atoms with Crippen LogP contribution in [-0.4, -0.2) is 0 Å². The van der Waals surface area contributed by atoms with Crippen molar-refractivity contribution in [3.8, 4) is 18.2 Å². The van der Waals surface area contributed by atoms with Crippen molar-refractivity contribution in [3.05, 3.63) is 33.3 Å². The van der Waals surface area contributed by atoms with E-state index in [1.807, 2.05) is 39.8 Å². The Balaban J connectivity index is 3.77. The van der Waals surface area contributed by atoms with E-state index in [4.69, 9.17) is 5.26 Å². The normalized spacial score (nSPS) is 11.3. The van der Waals surface area contributed by atoms with Gasteiger partial charge in [-0.3, -0.25) is 0 Å². The van der Waals surface area contributed by atoms with Gasteiger partial charge in [0.15, 0.2) is 0 Å². The third-order valence-corrected chi connectivity index (χ3v) is 3.83. The van der Waals surface area contributed by atoms with Gasteiger partial charge in [-0.2, -0.15) is 15.8 Å². The summed E-state index contributed by atoms with van der Waals surface area (Å²) in [6.45, 7) is 7.27. The molecule has 0 saturated heterocycles. The van der Waals surface area contributed by atoms with Crippen molar-refractivity contribution in [2.45, 2.75) is 44.9 Å². The second-order valence-electron chi connectivity index (χ2n) is 5.79. The summed E-state index contributed by atoms with van der Waals surface area (Å²) in [5, 5.41) is 27.8. The minimum Gasteiger partial charge on any atom is -0.198 e. The van der Waals surface area contributed by atoms with Crippen LogP contribution in [0.2, 0.25) is 0 Å². The standard InChI is InChI=1S/C16H16BrN3/c1-15(2,9-19)13-7-11(17)8-14(12(13)5-6-18)16(3,4)10-20/h7-8H,5H2,1-4H3. The second-order valence-corrected chi connectivity index (χ2v) is 6.70. The summed E-state index contributed by atoms with van der Waals surface area (Å²) in [5.74, 6) is 0. The average Bonchev–Trinajstić information content (AvgIpc) is 2.40. The zero-order valence-electron chi connectivity index (χ0n) is 12.1. The molecule has 0 amide bonds. The lowest BCUT2D eigenvalue weighted by Crippen LogP contribution is -2.23. The topological polar surface area (TPSA) is 71.4 Å². The molecule has 1 rings (SSSR count). The monoisotopic (exact) mass is 329 g/mol. The van der Waals surface area contributed by atoms with E-state index in [0.717, 1.165) is 21.2 Å². The number of halogens is 1. The minimum atomic E-state index is -0.712. The highest BCUT2D eigenvalue weighted by Crippen LogP contribution is 2.36. The van der Waals surface area contributed by atoms with Gasteiger partial charge in [0.25, 0.3) is 0 Å². The predicted molar refractivity (Wildman–Crippen MR) is 80.7 cm³/mol. The first-order valence-corrected chi connectivity index (χ1v) is 7.01. The molecule has 0 radical (unpaired) electrons. The van der Waals surface area contributed by atoms with Crippen molar-refractivity contribution in [2.75, 3.05) is 0 Å². The molecule has 0 bridgehead atoms. The summed E-state index contributed by atoms with van der Waals surface area (Å²) in [6.07, 6.45) is 0.189. The first-order chi connectivity index (χ1) is 9.19. The molecule has 0 aromatic heterocycles. The molecule has 0 aliphatic heterocycles. The van der Waals surface area contributed by atoms with Gasteiger partial charge in [-0.1, -0.05) is 15.9 Å². The fraction of sp³-hybridized carbons (Fsp3) is 0.438. The van der Waals surface area contributed by atoms with Crippen LogP contribution in [0.3, 0.4) is 0 Å². The Morgan fingerprint density at radius 1 is 0.950 bits per heavy atom. The fourth-order valence-corrected chi connectivity index (χ4v) is 2.60. The Morgan fingerprint density at radius 2 is 1.35 bits per heavy atom. The zero-order valence-corrected chi connectivity index (χ0v) is 13.7. The molecule has 1 aromatic carbocycles. The predicted octanol–water partition coefficient (Wildman–Crippen LogP) is 4.12. The Kier molecular flexibility index (Phi) is 4.59. The maximum Gasteiger partial charge on any atom is 0.0769 e. The molecule has 102 valence electrons. The number of hydrogen-bond acceptors (Lipinski definition) is 3. The van der Waals surface area contributed by atoms with Crippen LogP contribution in [0, 0.1) is 34.0 Å². The summed E-state index contributed by atoms with van der Waals surface area (Å²) in [5.41, 5.74) is 0.962. The van der Waals surface area contributed by atoms with Gasteiger partial charge in [0.2, 0.25) is 0 Å². The van der Waals surface area contributed by atoms with Gasteiger partial charge in [0.05, 0.1) is 35.5 Å². The molecule has 0 N–H and O–H groups in total. The van der Waals surface area contributed by atoms with Crippen LogP contribution < -0.4 is 0 Å². The number of rotatable bonds is 3. The second kappa shape index (κ2) is 5.66. The molecule has 0 fully saturated rings. The summed E-state index contributed by atoms with van der Waals surface area (Å²) < 4.78 is 0.816. The van der Waals surface area contributed by atoms with Gasteiger partial charge in [-0.05, 0) is 56.5 Å². The Labute approximate surface area is 128 Å². The molecule has 3 nitrogen and oxygen atoms in total. The average molecular weight is 330 g/mol. The van der Waals surface area contributed by atoms with Gasteiger partial charge in [0, 0.05) is 4.47 Å². The largest absolute Gasteiger partial charge is 0.198 e. The maximum atomic E-state index is 9.37. The summed E-state index contributed by atoms with van der Waals surface area (Å²) in [6, 6.07) is 10.4. The van der Waals surface area contributed by atoms with Crippen LogP contribution in [-0.2, 0) is 17.3 Å². The molecule has 0 aliphatic rings. The van der Waals surface area contributed by atoms with Crippen molar-refractivity contribution in [1.82, 2.24) is 0 Å². The highest BCUT2D eigenvalue weighted by Gasteiger charge is 2.30. The zero-order chi connectivity index (χ0) is 15.6. The number of hydrogen-bond donors (Lipinski definition) is 0. The fourth-order valence-electron chi connectivity index (χ4n) is 2.14. The Bertz CT molecular complexity index is 605. The molecular weight excluding hydrogens is 314 g/mol. The number of nitrogens with zero attached hydrogens (tertiary/aromatic N) is 3. The highest BCUT2D eigenvalue weighted by atomic mass is 79.9. The lowest BCUT2D eigenvalue weighted by Gasteiger charge is -2.26. The van der Waals surface area contributed by atoms with Crippen LogP contribution in [0.1, 0.15) is 44.4 Å². The van der Waals surface area contributed by atoms with E-state index in [1.165, 1.54) is 0 Å². The van der Waals surface area contributed by atoms with E-state index in [9.17, 15) is 10.5 Å². The van der Waals surface area contributed by atoms with E-state index >= 15 is 0 Å². The lowest BCUT2D eigenvalue weighted by molar-refractivity contribution is 0.647. The quantitative estimate of drug-likeness (QED) is 0.837. The highest BCUT2D eigenvalue weighted by molar-refractivity contribution is 9.10. The van der Waals surface area contributed by atoms with E-state index in [0.29, 0.717) is 0 Å². The SMILES string of the molecule is CC(C)(C#N)c1cc(Br)cc(C(C)(C)C#N)c1CC#N. The van der Waals surface area contributed by atoms with Gasteiger partial charge < -0.3 is 0 Å². The molecule has 20 heavy (non-hydrogen) atoms. The molecule has 0 heterocycles.